The van der Waals surface area contributed by atoms with Gasteiger partial charge in [-0.25, -0.2) is 4.39 Å². The number of nitrogens with one attached hydrogen (secondary N) is 1. The van der Waals surface area contributed by atoms with Crippen LogP contribution >= 0.6 is 0 Å². The maximum atomic E-state index is 13.3. The summed E-state index contributed by atoms with van der Waals surface area (Å²) in [5.74, 6) is -0.139. The summed E-state index contributed by atoms with van der Waals surface area (Å²) in [6.45, 7) is 7.10. The van der Waals surface area contributed by atoms with Crippen molar-refractivity contribution in [1.82, 2.24) is 5.32 Å². The first-order valence-electron chi connectivity index (χ1n) is 5.90. The summed E-state index contributed by atoms with van der Waals surface area (Å²) in [5.41, 5.74) is 1.99. The topological polar surface area (TPSA) is 15.3 Å². The zero-order chi connectivity index (χ0) is 11.5. The molecular formula is C13H19FN2. The van der Waals surface area contributed by atoms with E-state index in [0.29, 0.717) is 6.04 Å². The van der Waals surface area contributed by atoms with Crippen LogP contribution in [0.3, 0.4) is 0 Å². The van der Waals surface area contributed by atoms with E-state index in [1.807, 2.05) is 6.92 Å². The fraction of sp³-hybridized carbons (Fsp3) is 0.538. The van der Waals surface area contributed by atoms with Crippen LogP contribution in [0.25, 0.3) is 0 Å². The van der Waals surface area contributed by atoms with E-state index in [4.69, 9.17) is 0 Å². The van der Waals surface area contributed by atoms with Gasteiger partial charge in [-0.15, -0.1) is 0 Å². The number of nitrogens with zero attached hydrogens (tertiary/aromatic N) is 1. The lowest BCUT2D eigenvalue weighted by molar-refractivity contribution is 0.583. The second-order valence-corrected chi connectivity index (χ2v) is 4.64. The first kappa shape index (κ1) is 11.4. The highest BCUT2D eigenvalue weighted by Gasteiger charge is 2.15. The molecule has 3 heteroatoms. The van der Waals surface area contributed by atoms with Gasteiger partial charge in [0.05, 0.1) is 0 Å². The zero-order valence-corrected chi connectivity index (χ0v) is 9.96. The second kappa shape index (κ2) is 4.83. The van der Waals surface area contributed by atoms with Crippen molar-refractivity contribution in [3.05, 3.63) is 29.6 Å². The van der Waals surface area contributed by atoms with Gasteiger partial charge < -0.3 is 10.2 Å². The Labute approximate surface area is 96.5 Å². The molecule has 2 rings (SSSR count). The van der Waals surface area contributed by atoms with Gasteiger partial charge in [-0.1, -0.05) is 0 Å². The first-order valence-corrected chi connectivity index (χ1v) is 5.90. The van der Waals surface area contributed by atoms with Crippen LogP contribution in [-0.2, 0) is 0 Å². The maximum Gasteiger partial charge on any atom is 0.125 e. The highest BCUT2D eigenvalue weighted by atomic mass is 19.1. The van der Waals surface area contributed by atoms with Crippen LogP contribution in [-0.4, -0.2) is 25.7 Å². The van der Waals surface area contributed by atoms with Crippen LogP contribution in [0.2, 0.25) is 0 Å². The molecule has 1 saturated heterocycles. The standard InChI is InChI=1S/C13H19FN2/c1-10-6-12(14)8-13(7-10)16-5-3-4-15-11(2)9-16/h6-8,11,15H,3-5,9H2,1-2H3. The quantitative estimate of drug-likeness (QED) is 0.784. The SMILES string of the molecule is Cc1cc(F)cc(N2CCCNC(C)C2)c1. The van der Waals surface area contributed by atoms with Crippen molar-refractivity contribution >= 4 is 5.69 Å². The van der Waals surface area contributed by atoms with Crippen molar-refractivity contribution < 1.29 is 4.39 Å². The molecule has 1 aromatic rings. The third-order valence-corrected chi connectivity index (χ3v) is 2.98. The van der Waals surface area contributed by atoms with Crippen LogP contribution in [0.5, 0.6) is 0 Å². The monoisotopic (exact) mass is 222 g/mol. The van der Waals surface area contributed by atoms with Gasteiger partial charge in [-0.05, 0) is 50.6 Å². The largest absolute Gasteiger partial charge is 0.370 e. The van der Waals surface area contributed by atoms with Crippen LogP contribution in [0, 0.1) is 12.7 Å². The molecule has 0 bridgehead atoms. The Morgan fingerprint density at radius 3 is 2.94 bits per heavy atom. The average molecular weight is 222 g/mol. The minimum Gasteiger partial charge on any atom is -0.370 e. The predicted molar refractivity (Wildman–Crippen MR) is 65.4 cm³/mol. The molecule has 1 atom stereocenters. The highest BCUT2D eigenvalue weighted by Crippen LogP contribution is 2.19. The van der Waals surface area contributed by atoms with Gasteiger partial charge in [0.25, 0.3) is 0 Å². The molecule has 88 valence electrons. The van der Waals surface area contributed by atoms with E-state index in [2.05, 4.69) is 23.2 Å². The van der Waals surface area contributed by atoms with Crippen molar-refractivity contribution in [2.45, 2.75) is 26.3 Å². The van der Waals surface area contributed by atoms with Crippen molar-refractivity contribution in [3.63, 3.8) is 0 Å². The Hall–Kier alpha value is -1.09. The summed E-state index contributed by atoms with van der Waals surface area (Å²) in [4.78, 5) is 2.26. The van der Waals surface area contributed by atoms with Crippen LogP contribution in [0.4, 0.5) is 10.1 Å². The zero-order valence-electron chi connectivity index (χ0n) is 9.96. The molecule has 1 fully saturated rings. The van der Waals surface area contributed by atoms with Crippen LogP contribution < -0.4 is 10.2 Å². The summed E-state index contributed by atoms with van der Waals surface area (Å²) in [6, 6.07) is 5.72. The van der Waals surface area contributed by atoms with E-state index in [-0.39, 0.29) is 5.82 Å². The number of hydrogen-bond donors (Lipinski definition) is 1. The molecule has 1 aliphatic rings. The summed E-state index contributed by atoms with van der Waals surface area (Å²) in [7, 11) is 0. The molecule has 1 heterocycles. The van der Waals surface area contributed by atoms with Crippen LogP contribution in [0.15, 0.2) is 18.2 Å². The predicted octanol–water partition coefficient (Wildman–Crippen LogP) is 2.32. The van der Waals surface area contributed by atoms with Crippen molar-refractivity contribution in [1.29, 1.82) is 0 Å². The molecule has 0 radical (unpaired) electrons. The first-order chi connectivity index (χ1) is 7.65. The number of benzene rings is 1. The molecular weight excluding hydrogens is 203 g/mol. The van der Waals surface area contributed by atoms with Gasteiger partial charge >= 0.3 is 0 Å². The Morgan fingerprint density at radius 2 is 2.19 bits per heavy atom. The van der Waals surface area contributed by atoms with Crippen molar-refractivity contribution in [2.24, 2.45) is 0 Å². The van der Waals surface area contributed by atoms with E-state index < -0.39 is 0 Å². The summed E-state index contributed by atoms with van der Waals surface area (Å²) in [5, 5.41) is 3.44. The number of anilines is 1. The fourth-order valence-corrected chi connectivity index (χ4v) is 2.24. The molecule has 0 spiro atoms. The molecule has 1 N–H and O–H groups in total. The van der Waals surface area contributed by atoms with E-state index >= 15 is 0 Å². The van der Waals surface area contributed by atoms with E-state index in [0.717, 1.165) is 37.3 Å². The van der Waals surface area contributed by atoms with Crippen molar-refractivity contribution in [3.8, 4) is 0 Å². The smallest absolute Gasteiger partial charge is 0.125 e. The Bertz CT molecular complexity index is 345. The molecule has 1 aromatic carbocycles. The number of rotatable bonds is 1. The third-order valence-electron chi connectivity index (χ3n) is 2.98. The number of halogens is 1. The Kier molecular flexibility index (Phi) is 3.44. The highest BCUT2D eigenvalue weighted by molar-refractivity contribution is 5.49. The van der Waals surface area contributed by atoms with Gasteiger partial charge in [0.2, 0.25) is 0 Å². The minimum atomic E-state index is -0.139. The summed E-state index contributed by atoms with van der Waals surface area (Å²) in [6.07, 6.45) is 1.11. The van der Waals surface area contributed by atoms with E-state index in [9.17, 15) is 4.39 Å². The van der Waals surface area contributed by atoms with Gasteiger partial charge in [-0.2, -0.15) is 0 Å². The Balaban J connectivity index is 2.21. The number of aryl methyl sites for hydroxylation is 1. The lowest BCUT2D eigenvalue weighted by Crippen LogP contribution is -2.35. The molecule has 2 nitrogen and oxygen atoms in total. The van der Waals surface area contributed by atoms with E-state index in [1.54, 1.807) is 12.1 Å². The molecule has 1 aliphatic heterocycles. The van der Waals surface area contributed by atoms with Gasteiger partial charge in [0, 0.05) is 24.8 Å². The summed E-state index contributed by atoms with van der Waals surface area (Å²) < 4.78 is 13.3. The molecule has 0 saturated carbocycles. The van der Waals surface area contributed by atoms with Crippen molar-refractivity contribution in [2.75, 3.05) is 24.5 Å². The lowest BCUT2D eigenvalue weighted by Gasteiger charge is -2.25. The molecule has 1 unspecified atom stereocenters. The molecule has 16 heavy (non-hydrogen) atoms. The lowest BCUT2D eigenvalue weighted by atomic mass is 10.2. The third kappa shape index (κ3) is 2.73. The van der Waals surface area contributed by atoms with E-state index in [1.165, 1.54) is 0 Å². The Morgan fingerprint density at radius 1 is 1.38 bits per heavy atom. The van der Waals surface area contributed by atoms with Gasteiger partial charge in [0.1, 0.15) is 5.82 Å². The normalized spacial score (nSPS) is 21.9. The number of hydrogen-bond acceptors (Lipinski definition) is 2. The van der Waals surface area contributed by atoms with Gasteiger partial charge in [-0.3, -0.25) is 0 Å². The summed E-state index contributed by atoms with van der Waals surface area (Å²) >= 11 is 0. The average Bonchev–Trinajstić information content (AvgIpc) is 2.41. The van der Waals surface area contributed by atoms with Crippen LogP contribution in [0.1, 0.15) is 18.9 Å². The maximum absolute atomic E-state index is 13.3. The molecule has 0 amide bonds. The van der Waals surface area contributed by atoms with Gasteiger partial charge in [0.15, 0.2) is 0 Å². The molecule has 0 aliphatic carbocycles. The fourth-order valence-electron chi connectivity index (χ4n) is 2.24. The minimum absolute atomic E-state index is 0.139. The second-order valence-electron chi connectivity index (χ2n) is 4.64. The molecule has 0 aromatic heterocycles.